The van der Waals surface area contributed by atoms with Gasteiger partial charge in [0.25, 0.3) is 0 Å². The van der Waals surface area contributed by atoms with Gasteiger partial charge >= 0.3 is 0 Å². The number of nitrogens with two attached hydrogens (primary N) is 1. The Bertz CT molecular complexity index is 414. The van der Waals surface area contributed by atoms with Crippen molar-refractivity contribution in [1.29, 1.82) is 0 Å². The van der Waals surface area contributed by atoms with Crippen molar-refractivity contribution in [2.24, 2.45) is 0 Å². The number of benzene rings is 1. The van der Waals surface area contributed by atoms with Gasteiger partial charge in [0.2, 0.25) is 0 Å². The molecule has 0 bridgehead atoms. The van der Waals surface area contributed by atoms with Crippen molar-refractivity contribution in [2.75, 3.05) is 45.1 Å². The van der Waals surface area contributed by atoms with E-state index in [4.69, 9.17) is 22.4 Å². The van der Waals surface area contributed by atoms with E-state index in [1.165, 1.54) is 0 Å². The zero-order valence-electron chi connectivity index (χ0n) is 11.2. The van der Waals surface area contributed by atoms with Gasteiger partial charge in [-0.05, 0) is 37.2 Å². The molecule has 106 valence electrons. The largest absolute Gasteiger partial charge is 0.398 e. The number of rotatable bonds is 4. The monoisotopic (exact) mass is 283 g/mol. The summed E-state index contributed by atoms with van der Waals surface area (Å²) in [6.45, 7) is 6.05. The number of nitrogens with zero attached hydrogens (tertiary/aromatic N) is 2. The van der Waals surface area contributed by atoms with E-state index in [9.17, 15) is 0 Å². The third-order valence-corrected chi connectivity index (χ3v) is 3.83. The van der Waals surface area contributed by atoms with Crippen LogP contribution in [0.5, 0.6) is 0 Å². The molecule has 0 spiro atoms. The molecule has 1 aromatic carbocycles. The standard InChI is InChI=1S/C14H22ClN3O/c15-13-3-2-12(14(16)10-13)11-18-5-1-4-17(6-7-18)8-9-19/h2-3,10,19H,1,4-9,11,16H2. The van der Waals surface area contributed by atoms with Gasteiger partial charge in [0, 0.05) is 36.9 Å². The van der Waals surface area contributed by atoms with Crippen molar-refractivity contribution in [1.82, 2.24) is 9.80 Å². The Morgan fingerprint density at radius 2 is 1.89 bits per heavy atom. The Balaban J connectivity index is 1.92. The summed E-state index contributed by atoms with van der Waals surface area (Å²) in [5.41, 5.74) is 7.90. The smallest absolute Gasteiger partial charge is 0.0558 e. The molecule has 0 aliphatic carbocycles. The SMILES string of the molecule is Nc1cc(Cl)ccc1CN1CCCN(CCO)CC1. The van der Waals surface area contributed by atoms with Crippen LogP contribution < -0.4 is 5.73 Å². The molecule has 1 fully saturated rings. The molecule has 1 heterocycles. The Labute approximate surface area is 119 Å². The minimum Gasteiger partial charge on any atom is -0.398 e. The predicted octanol–water partition coefficient (Wildman–Crippen LogP) is 1.42. The molecule has 1 aliphatic rings. The van der Waals surface area contributed by atoms with Gasteiger partial charge in [-0.25, -0.2) is 0 Å². The van der Waals surface area contributed by atoms with E-state index < -0.39 is 0 Å². The van der Waals surface area contributed by atoms with Crippen molar-refractivity contribution in [2.45, 2.75) is 13.0 Å². The van der Waals surface area contributed by atoms with Crippen molar-refractivity contribution in [3.63, 3.8) is 0 Å². The molecule has 19 heavy (non-hydrogen) atoms. The predicted molar refractivity (Wildman–Crippen MR) is 79.3 cm³/mol. The normalized spacial score (nSPS) is 18.4. The van der Waals surface area contributed by atoms with Gasteiger partial charge < -0.3 is 10.8 Å². The summed E-state index contributed by atoms with van der Waals surface area (Å²) in [6, 6.07) is 5.71. The summed E-state index contributed by atoms with van der Waals surface area (Å²) in [5, 5.41) is 9.68. The fraction of sp³-hybridized carbons (Fsp3) is 0.571. The molecular formula is C14H22ClN3O. The van der Waals surface area contributed by atoms with Crippen LogP contribution in [-0.2, 0) is 6.54 Å². The minimum atomic E-state index is 0.240. The van der Waals surface area contributed by atoms with Crippen LogP contribution in [0.15, 0.2) is 18.2 Å². The average molecular weight is 284 g/mol. The molecule has 0 saturated carbocycles. The van der Waals surface area contributed by atoms with Gasteiger partial charge in [-0.3, -0.25) is 9.80 Å². The van der Waals surface area contributed by atoms with Gasteiger partial charge in [-0.1, -0.05) is 17.7 Å². The molecular weight excluding hydrogens is 262 g/mol. The maximum atomic E-state index is 8.99. The number of aliphatic hydroxyl groups excluding tert-OH is 1. The lowest BCUT2D eigenvalue weighted by atomic mass is 10.1. The molecule has 5 heteroatoms. The molecule has 0 aromatic heterocycles. The molecule has 0 unspecified atom stereocenters. The highest BCUT2D eigenvalue weighted by Crippen LogP contribution is 2.20. The first-order valence-electron chi connectivity index (χ1n) is 6.78. The summed E-state index contributed by atoms with van der Waals surface area (Å²) in [4.78, 5) is 4.72. The molecule has 1 aromatic rings. The van der Waals surface area contributed by atoms with Gasteiger partial charge in [0.15, 0.2) is 0 Å². The Hall–Kier alpha value is -0.810. The lowest BCUT2D eigenvalue weighted by Crippen LogP contribution is -2.32. The van der Waals surface area contributed by atoms with Gasteiger partial charge in [0.05, 0.1) is 6.61 Å². The quantitative estimate of drug-likeness (QED) is 0.821. The Morgan fingerprint density at radius 1 is 1.16 bits per heavy atom. The van der Waals surface area contributed by atoms with Crippen LogP contribution in [0.4, 0.5) is 5.69 Å². The van der Waals surface area contributed by atoms with E-state index in [2.05, 4.69) is 9.80 Å². The van der Waals surface area contributed by atoms with Crippen LogP contribution in [-0.4, -0.2) is 54.2 Å². The summed E-state index contributed by atoms with van der Waals surface area (Å²) in [5.74, 6) is 0. The van der Waals surface area contributed by atoms with Gasteiger partial charge in [-0.2, -0.15) is 0 Å². The van der Waals surface area contributed by atoms with Crippen LogP contribution in [0.2, 0.25) is 5.02 Å². The molecule has 2 rings (SSSR count). The maximum absolute atomic E-state index is 8.99. The van der Waals surface area contributed by atoms with Crippen LogP contribution in [0.1, 0.15) is 12.0 Å². The first kappa shape index (κ1) is 14.6. The molecule has 1 saturated heterocycles. The molecule has 0 amide bonds. The second-order valence-corrected chi connectivity index (χ2v) is 5.47. The number of halogens is 1. The molecule has 4 nitrogen and oxygen atoms in total. The number of nitrogen functional groups attached to an aromatic ring is 1. The summed E-state index contributed by atoms with van der Waals surface area (Å²) in [6.07, 6.45) is 1.13. The van der Waals surface area contributed by atoms with Crippen molar-refractivity contribution in [3.05, 3.63) is 28.8 Å². The highest BCUT2D eigenvalue weighted by atomic mass is 35.5. The highest BCUT2D eigenvalue weighted by molar-refractivity contribution is 6.30. The molecule has 0 radical (unpaired) electrons. The number of anilines is 1. The van der Waals surface area contributed by atoms with E-state index in [1.807, 2.05) is 18.2 Å². The fourth-order valence-electron chi connectivity index (χ4n) is 2.50. The zero-order chi connectivity index (χ0) is 13.7. The van der Waals surface area contributed by atoms with Crippen molar-refractivity contribution in [3.8, 4) is 0 Å². The van der Waals surface area contributed by atoms with E-state index in [0.717, 1.165) is 56.9 Å². The summed E-state index contributed by atoms with van der Waals surface area (Å²) in [7, 11) is 0. The van der Waals surface area contributed by atoms with Crippen LogP contribution in [0.3, 0.4) is 0 Å². The molecule has 1 aliphatic heterocycles. The third-order valence-electron chi connectivity index (χ3n) is 3.60. The lowest BCUT2D eigenvalue weighted by Gasteiger charge is -2.22. The topological polar surface area (TPSA) is 52.7 Å². The number of β-amino-alcohol motifs (C(OH)–C–C–N with tert-alkyl or cyclic N) is 1. The van der Waals surface area contributed by atoms with E-state index in [1.54, 1.807) is 0 Å². The third kappa shape index (κ3) is 4.35. The maximum Gasteiger partial charge on any atom is 0.0558 e. The Kier molecular flexibility index (Phi) is 5.45. The zero-order valence-corrected chi connectivity index (χ0v) is 11.9. The van der Waals surface area contributed by atoms with Crippen molar-refractivity contribution >= 4 is 17.3 Å². The van der Waals surface area contributed by atoms with E-state index in [-0.39, 0.29) is 6.61 Å². The first-order valence-corrected chi connectivity index (χ1v) is 7.16. The number of hydrogen-bond donors (Lipinski definition) is 2. The van der Waals surface area contributed by atoms with E-state index >= 15 is 0 Å². The number of aliphatic hydroxyl groups is 1. The number of hydrogen-bond acceptors (Lipinski definition) is 4. The fourth-order valence-corrected chi connectivity index (χ4v) is 2.68. The van der Waals surface area contributed by atoms with Crippen molar-refractivity contribution < 1.29 is 5.11 Å². The Morgan fingerprint density at radius 3 is 2.63 bits per heavy atom. The highest BCUT2D eigenvalue weighted by Gasteiger charge is 2.15. The van der Waals surface area contributed by atoms with Gasteiger partial charge in [-0.15, -0.1) is 0 Å². The lowest BCUT2D eigenvalue weighted by molar-refractivity contribution is 0.196. The van der Waals surface area contributed by atoms with Crippen LogP contribution >= 0.6 is 11.6 Å². The average Bonchev–Trinajstić information content (AvgIpc) is 2.59. The summed E-state index contributed by atoms with van der Waals surface area (Å²) < 4.78 is 0. The first-order chi connectivity index (χ1) is 9.19. The molecule has 0 atom stereocenters. The van der Waals surface area contributed by atoms with Gasteiger partial charge in [0.1, 0.15) is 0 Å². The second-order valence-electron chi connectivity index (χ2n) is 5.04. The minimum absolute atomic E-state index is 0.240. The molecule has 3 N–H and O–H groups in total. The van der Waals surface area contributed by atoms with Crippen LogP contribution in [0.25, 0.3) is 0 Å². The second kappa shape index (κ2) is 7.10. The van der Waals surface area contributed by atoms with E-state index in [0.29, 0.717) is 5.02 Å². The summed E-state index contributed by atoms with van der Waals surface area (Å²) >= 11 is 5.92. The van der Waals surface area contributed by atoms with Crippen LogP contribution in [0, 0.1) is 0 Å².